The number of halogens is 2. The molecule has 0 aliphatic heterocycles. The van der Waals surface area contributed by atoms with E-state index < -0.39 is 0 Å². The molecule has 1 heterocycles. The fourth-order valence-corrected chi connectivity index (χ4v) is 3.52. The number of methoxy groups -OCH3 is 1. The Balaban J connectivity index is 1.53. The normalized spacial score (nSPS) is 10.5. The Morgan fingerprint density at radius 3 is 2.63 bits per heavy atom. The first-order valence-corrected chi connectivity index (χ1v) is 9.56. The third-order valence-electron chi connectivity index (χ3n) is 3.60. The second-order valence-electron chi connectivity index (χ2n) is 5.56. The van der Waals surface area contributed by atoms with Crippen LogP contribution in [0.3, 0.4) is 0 Å². The summed E-state index contributed by atoms with van der Waals surface area (Å²) >= 11 is 13.6. The van der Waals surface area contributed by atoms with Gasteiger partial charge in [0.15, 0.2) is 11.7 Å². The van der Waals surface area contributed by atoms with Gasteiger partial charge in [0.25, 0.3) is 5.91 Å². The first-order chi connectivity index (χ1) is 13.0. The Kier molecular flexibility index (Phi) is 6.55. The number of rotatable bonds is 7. The minimum absolute atomic E-state index is 0.110. The molecule has 3 rings (SSSR count). The monoisotopic (exact) mass is 422 g/mol. The molecule has 2 aromatic carbocycles. The third-order valence-corrected chi connectivity index (χ3v) is 5.12. The molecule has 0 spiro atoms. The lowest BCUT2D eigenvalue weighted by molar-refractivity contribution is -0.118. The summed E-state index contributed by atoms with van der Waals surface area (Å²) in [5, 5.41) is 4.51. The van der Waals surface area contributed by atoms with Crippen molar-refractivity contribution in [3.63, 3.8) is 0 Å². The number of thiazole rings is 1. The highest BCUT2D eigenvalue weighted by molar-refractivity contribution is 7.15. The lowest BCUT2D eigenvalue weighted by Crippen LogP contribution is -2.19. The van der Waals surface area contributed by atoms with Crippen LogP contribution in [0, 0.1) is 0 Å². The quantitative estimate of drug-likeness (QED) is 0.577. The Morgan fingerprint density at radius 2 is 1.89 bits per heavy atom. The summed E-state index contributed by atoms with van der Waals surface area (Å²) in [5.41, 5.74) is 0.911. The van der Waals surface area contributed by atoms with Gasteiger partial charge >= 0.3 is 0 Å². The van der Waals surface area contributed by atoms with Crippen molar-refractivity contribution in [1.82, 2.24) is 4.98 Å². The number of ether oxygens (including phenoxy) is 2. The van der Waals surface area contributed by atoms with Crippen molar-refractivity contribution in [3.8, 4) is 11.5 Å². The smallest absolute Gasteiger partial charge is 0.264 e. The van der Waals surface area contributed by atoms with Gasteiger partial charge in [0, 0.05) is 27.5 Å². The number of nitrogens with zero attached hydrogens (tertiary/aromatic N) is 1. The van der Waals surface area contributed by atoms with E-state index in [2.05, 4.69) is 10.3 Å². The molecule has 1 N–H and O–H groups in total. The third kappa shape index (κ3) is 5.60. The minimum atomic E-state index is -0.285. The number of nitrogens with one attached hydrogen (secondary N) is 1. The van der Waals surface area contributed by atoms with E-state index in [0.29, 0.717) is 27.3 Å². The second kappa shape index (κ2) is 9.08. The van der Waals surface area contributed by atoms with Crippen LogP contribution in [0.5, 0.6) is 11.5 Å². The molecule has 0 saturated heterocycles. The molecule has 0 bridgehead atoms. The zero-order chi connectivity index (χ0) is 19.2. The van der Waals surface area contributed by atoms with Crippen LogP contribution >= 0.6 is 34.5 Å². The number of carbonyl (C=O) groups excluding carboxylic acids is 1. The number of anilines is 1. The molecule has 27 heavy (non-hydrogen) atoms. The topological polar surface area (TPSA) is 60.5 Å². The van der Waals surface area contributed by atoms with E-state index in [0.717, 1.165) is 16.2 Å². The summed E-state index contributed by atoms with van der Waals surface area (Å²) in [6.45, 7) is -0.110. The molecule has 0 radical (unpaired) electrons. The van der Waals surface area contributed by atoms with Crippen molar-refractivity contribution in [3.05, 3.63) is 69.1 Å². The fourth-order valence-electron chi connectivity index (χ4n) is 2.29. The van der Waals surface area contributed by atoms with Gasteiger partial charge in [0.05, 0.1) is 7.11 Å². The zero-order valence-corrected chi connectivity index (χ0v) is 16.7. The van der Waals surface area contributed by atoms with Crippen molar-refractivity contribution >= 4 is 45.6 Å². The largest absolute Gasteiger partial charge is 0.497 e. The molecular weight excluding hydrogens is 407 g/mol. The maximum atomic E-state index is 12.0. The van der Waals surface area contributed by atoms with E-state index in [1.54, 1.807) is 49.7 Å². The standard InChI is InChI=1S/C19H16Cl2N2O3S/c1-25-14-3-5-15(6-4-14)26-11-18(24)23-19-22-10-16(27-19)9-12-8-13(20)2-7-17(12)21/h2-8,10H,9,11H2,1H3,(H,22,23,24). The molecule has 0 aliphatic rings. The Bertz CT molecular complexity index is 929. The van der Waals surface area contributed by atoms with E-state index >= 15 is 0 Å². The summed E-state index contributed by atoms with van der Waals surface area (Å²) < 4.78 is 10.5. The predicted molar refractivity (Wildman–Crippen MR) is 109 cm³/mol. The van der Waals surface area contributed by atoms with E-state index in [9.17, 15) is 4.79 Å². The summed E-state index contributed by atoms with van der Waals surface area (Å²) in [6.07, 6.45) is 2.30. The highest BCUT2D eigenvalue weighted by Crippen LogP contribution is 2.27. The van der Waals surface area contributed by atoms with Gasteiger partial charge in [-0.3, -0.25) is 10.1 Å². The van der Waals surface area contributed by atoms with Crippen LogP contribution in [0.1, 0.15) is 10.4 Å². The number of amides is 1. The van der Waals surface area contributed by atoms with Crippen molar-refractivity contribution in [2.45, 2.75) is 6.42 Å². The van der Waals surface area contributed by atoms with Crippen molar-refractivity contribution in [2.75, 3.05) is 19.0 Å². The van der Waals surface area contributed by atoms with Crippen LogP contribution in [-0.2, 0) is 11.2 Å². The molecule has 0 aliphatic carbocycles. The van der Waals surface area contributed by atoms with Crippen molar-refractivity contribution < 1.29 is 14.3 Å². The lowest BCUT2D eigenvalue weighted by Gasteiger charge is -2.06. The van der Waals surface area contributed by atoms with Gasteiger partial charge in [-0.1, -0.05) is 23.2 Å². The number of hydrogen-bond acceptors (Lipinski definition) is 5. The van der Waals surface area contributed by atoms with Crippen LogP contribution in [-0.4, -0.2) is 24.6 Å². The fraction of sp³-hybridized carbons (Fsp3) is 0.158. The number of benzene rings is 2. The van der Waals surface area contributed by atoms with Crippen LogP contribution in [0.2, 0.25) is 10.0 Å². The van der Waals surface area contributed by atoms with Gasteiger partial charge in [-0.05, 0) is 48.0 Å². The maximum absolute atomic E-state index is 12.0. The maximum Gasteiger partial charge on any atom is 0.264 e. The Morgan fingerprint density at radius 1 is 1.15 bits per heavy atom. The van der Waals surface area contributed by atoms with E-state index in [1.165, 1.54) is 11.3 Å². The minimum Gasteiger partial charge on any atom is -0.497 e. The predicted octanol–water partition coefficient (Wildman–Crippen LogP) is 5.07. The van der Waals surface area contributed by atoms with Crippen LogP contribution in [0.15, 0.2) is 48.7 Å². The molecular formula is C19H16Cl2N2O3S. The summed E-state index contributed by atoms with van der Waals surface area (Å²) in [7, 11) is 1.59. The van der Waals surface area contributed by atoms with Crippen molar-refractivity contribution in [1.29, 1.82) is 0 Å². The summed E-state index contributed by atoms with van der Waals surface area (Å²) in [5.74, 6) is 1.02. The van der Waals surface area contributed by atoms with Gasteiger partial charge in [-0.2, -0.15) is 0 Å². The van der Waals surface area contributed by atoms with Gasteiger partial charge in [-0.15, -0.1) is 11.3 Å². The number of carbonyl (C=O) groups is 1. The Hall–Kier alpha value is -2.28. The van der Waals surface area contributed by atoms with Crippen LogP contribution < -0.4 is 14.8 Å². The molecule has 140 valence electrons. The average molecular weight is 423 g/mol. The van der Waals surface area contributed by atoms with Crippen LogP contribution in [0.4, 0.5) is 5.13 Å². The molecule has 0 unspecified atom stereocenters. The van der Waals surface area contributed by atoms with E-state index in [1.807, 2.05) is 6.07 Å². The van der Waals surface area contributed by atoms with Crippen LogP contribution in [0.25, 0.3) is 0 Å². The van der Waals surface area contributed by atoms with E-state index in [4.69, 9.17) is 32.7 Å². The molecule has 0 saturated carbocycles. The molecule has 1 aromatic heterocycles. The van der Waals surface area contributed by atoms with Gasteiger partial charge in [0.1, 0.15) is 11.5 Å². The molecule has 5 nitrogen and oxygen atoms in total. The van der Waals surface area contributed by atoms with Gasteiger partial charge in [-0.25, -0.2) is 4.98 Å². The SMILES string of the molecule is COc1ccc(OCC(=O)Nc2ncc(Cc3cc(Cl)ccc3Cl)s2)cc1. The van der Waals surface area contributed by atoms with Gasteiger partial charge in [0.2, 0.25) is 0 Å². The molecule has 3 aromatic rings. The first-order valence-electron chi connectivity index (χ1n) is 7.99. The molecule has 1 amide bonds. The summed E-state index contributed by atoms with van der Waals surface area (Å²) in [6, 6.07) is 12.3. The number of hydrogen-bond donors (Lipinski definition) is 1. The van der Waals surface area contributed by atoms with Gasteiger partial charge < -0.3 is 9.47 Å². The lowest BCUT2D eigenvalue weighted by atomic mass is 10.1. The molecule has 0 atom stereocenters. The molecule has 0 fully saturated rings. The van der Waals surface area contributed by atoms with Crippen molar-refractivity contribution in [2.24, 2.45) is 0 Å². The number of aromatic nitrogens is 1. The Labute approximate surface area is 170 Å². The average Bonchev–Trinajstić information content (AvgIpc) is 3.10. The second-order valence-corrected chi connectivity index (χ2v) is 7.52. The highest BCUT2D eigenvalue weighted by atomic mass is 35.5. The highest BCUT2D eigenvalue weighted by Gasteiger charge is 2.10. The summed E-state index contributed by atoms with van der Waals surface area (Å²) in [4.78, 5) is 17.2. The first kappa shape index (κ1) is 19.5. The zero-order valence-electron chi connectivity index (χ0n) is 14.4. The van der Waals surface area contributed by atoms with E-state index in [-0.39, 0.29) is 12.5 Å². The molecule has 8 heteroatoms.